The first-order chi connectivity index (χ1) is 8.78. The molecule has 0 aromatic heterocycles. The van der Waals surface area contributed by atoms with E-state index in [1.165, 1.54) is 6.92 Å². The number of hydrogen-bond acceptors (Lipinski definition) is 6. The average Bonchev–Trinajstić information content (AvgIpc) is 2.38. The molecule has 2 atom stereocenters. The lowest BCUT2D eigenvalue weighted by molar-refractivity contribution is -0.156. The van der Waals surface area contributed by atoms with Crippen molar-refractivity contribution in [2.75, 3.05) is 0 Å². The Morgan fingerprint density at radius 3 is 1.79 bits per heavy atom. The molecule has 0 aliphatic heterocycles. The summed E-state index contributed by atoms with van der Waals surface area (Å²) in [6, 6.07) is 0. The third kappa shape index (κ3) is 12.1. The highest BCUT2D eigenvalue weighted by Crippen LogP contribution is 1.95. The highest BCUT2D eigenvalue weighted by molar-refractivity contribution is 5.87. The Labute approximate surface area is 112 Å². The molecule has 2 unspecified atom stereocenters. The molecule has 106 valence electrons. The minimum atomic E-state index is -1.23. The Hall–Kier alpha value is -2.18. The summed E-state index contributed by atoms with van der Waals surface area (Å²) in [4.78, 5) is 20.8. The highest BCUT2D eigenvalue weighted by Gasteiger charge is 2.06. The summed E-state index contributed by atoms with van der Waals surface area (Å²) in [5.74, 6) is -1.28. The van der Waals surface area contributed by atoms with Crippen LogP contribution in [0.3, 0.4) is 0 Å². The summed E-state index contributed by atoms with van der Waals surface area (Å²) in [5, 5.41) is 17.2. The number of rotatable bonds is 6. The topological polar surface area (TPSA) is 93.1 Å². The van der Waals surface area contributed by atoms with E-state index in [0.717, 1.165) is 18.2 Å². The summed E-state index contributed by atoms with van der Waals surface area (Å²) in [6.45, 7) is 14.4. The molecule has 0 bridgehead atoms. The maximum atomic E-state index is 10.6. The number of hydrogen-bond donors (Lipinski definition) is 2. The predicted octanol–water partition coefficient (Wildman–Crippen LogP) is 0.830. The molecule has 0 aromatic carbocycles. The van der Waals surface area contributed by atoms with Crippen molar-refractivity contribution in [3.05, 3.63) is 50.1 Å². The number of carbonyl (C=O) groups excluding carboxylic acids is 2. The van der Waals surface area contributed by atoms with Gasteiger partial charge in [0.15, 0.2) is 0 Å². The van der Waals surface area contributed by atoms with E-state index in [-0.39, 0.29) is 5.57 Å². The van der Waals surface area contributed by atoms with Gasteiger partial charge in [0.25, 0.3) is 0 Å². The Bertz CT molecular complexity index is 358. The molecule has 19 heavy (non-hydrogen) atoms. The fourth-order valence-electron chi connectivity index (χ4n) is 0.474. The van der Waals surface area contributed by atoms with Crippen molar-refractivity contribution in [1.29, 1.82) is 0 Å². The van der Waals surface area contributed by atoms with Gasteiger partial charge in [-0.3, -0.25) is 0 Å². The molecule has 6 nitrogen and oxygen atoms in total. The van der Waals surface area contributed by atoms with Gasteiger partial charge in [-0.15, -0.1) is 0 Å². The molecular weight excluding hydrogens is 252 g/mol. The fraction of sp³-hybridized carbons (Fsp3) is 0.231. The molecule has 0 amide bonds. The first-order valence-electron chi connectivity index (χ1n) is 5.09. The average molecular weight is 270 g/mol. The lowest BCUT2D eigenvalue weighted by Crippen LogP contribution is -2.14. The van der Waals surface area contributed by atoms with Crippen LogP contribution in [-0.2, 0) is 19.1 Å². The van der Waals surface area contributed by atoms with Crippen LogP contribution < -0.4 is 0 Å². The van der Waals surface area contributed by atoms with Gasteiger partial charge in [-0.1, -0.05) is 26.3 Å². The van der Waals surface area contributed by atoms with Crippen molar-refractivity contribution < 1.29 is 29.3 Å². The van der Waals surface area contributed by atoms with E-state index in [2.05, 4.69) is 35.8 Å². The van der Waals surface area contributed by atoms with Crippen molar-refractivity contribution in [1.82, 2.24) is 0 Å². The van der Waals surface area contributed by atoms with Gasteiger partial charge in [-0.05, 0) is 19.1 Å². The van der Waals surface area contributed by atoms with Gasteiger partial charge in [-0.25, -0.2) is 9.59 Å². The van der Waals surface area contributed by atoms with Crippen LogP contribution >= 0.6 is 0 Å². The zero-order valence-electron chi connectivity index (χ0n) is 10.7. The standard InChI is InChI=1S/C7H10O3.C6H8O3/c1-4-6(8)10-7(9)5(2)3;1-3-5(7)9-6(8)4-2/h4,6,8H,1-2H2,3H3;3-5,7H,1-2H2. The van der Waals surface area contributed by atoms with E-state index < -0.39 is 24.5 Å². The largest absolute Gasteiger partial charge is 0.429 e. The zero-order chi connectivity index (χ0) is 15.4. The Kier molecular flexibility index (Phi) is 11.0. The van der Waals surface area contributed by atoms with Crippen LogP contribution in [0.15, 0.2) is 50.1 Å². The molecule has 0 rings (SSSR count). The second-order valence-corrected chi connectivity index (χ2v) is 3.08. The molecule has 0 saturated heterocycles. The van der Waals surface area contributed by atoms with Gasteiger partial charge in [0.1, 0.15) is 0 Å². The first-order valence-corrected chi connectivity index (χ1v) is 5.09. The van der Waals surface area contributed by atoms with Crippen molar-refractivity contribution >= 4 is 11.9 Å². The summed E-state index contributed by atoms with van der Waals surface area (Å²) in [7, 11) is 0. The van der Waals surface area contributed by atoms with E-state index in [0.29, 0.717) is 0 Å². The first kappa shape index (κ1) is 19.2. The second-order valence-electron chi connectivity index (χ2n) is 3.08. The number of carbonyl (C=O) groups is 2. The molecular formula is C13H18O6. The maximum Gasteiger partial charge on any atom is 0.335 e. The van der Waals surface area contributed by atoms with E-state index in [4.69, 9.17) is 10.2 Å². The summed E-state index contributed by atoms with van der Waals surface area (Å²) in [6.07, 6.45) is 0.717. The minimum Gasteiger partial charge on any atom is -0.429 e. The number of aliphatic hydroxyl groups is 2. The van der Waals surface area contributed by atoms with Crippen LogP contribution in [0.1, 0.15) is 6.92 Å². The third-order valence-corrected chi connectivity index (χ3v) is 1.38. The van der Waals surface area contributed by atoms with Crippen molar-refractivity contribution in [3.63, 3.8) is 0 Å². The SMILES string of the molecule is C=CC(=O)OC(O)C=C.C=CC(O)OC(=O)C(=C)C. The highest BCUT2D eigenvalue weighted by atomic mass is 16.6. The molecule has 0 aliphatic rings. The molecule has 0 radical (unpaired) electrons. The van der Waals surface area contributed by atoms with Gasteiger partial charge in [0, 0.05) is 11.6 Å². The van der Waals surface area contributed by atoms with Gasteiger partial charge in [0.05, 0.1) is 0 Å². The predicted molar refractivity (Wildman–Crippen MR) is 69.6 cm³/mol. The van der Waals surface area contributed by atoms with E-state index in [9.17, 15) is 9.59 Å². The van der Waals surface area contributed by atoms with Crippen molar-refractivity contribution in [2.45, 2.75) is 19.5 Å². The molecule has 0 aromatic rings. The molecule has 0 fully saturated rings. The van der Waals surface area contributed by atoms with Crippen molar-refractivity contribution in [3.8, 4) is 0 Å². The van der Waals surface area contributed by atoms with Gasteiger partial charge < -0.3 is 19.7 Å². The molecule has 6 heteroatoms. The Morgan fingerprint density at radius 2 is 1.47 bits per heavy atom. The Balaban J connectivity index is 0. The molecule has 0 saturated carbocycles. The Morgan fingerprint density at radius 1 is 1.05 bits per heavy atom. The fourth-order valence-corrected chi connectivity index (χ4v) is 0.474. The van der Waals surface area contributed by atoms with Crippen LogP contribution in [-0.4, -0.2) is 34.7 Å². The third-order valence-electron chi connectivity index (χ3n) is 1.38. The second kappa shape index (κ2) is 10.9. The van der Waals surface area contributed by atoms with E-state index in [1.807, 2.05) is 0 Å². The monoisotopic (exact) mass is 270 g/mol. The number of ether oxygens (including phenoxy) is 2. The maximum absolute atomic E-state index is 10.6. The lowest BCUT2D eigenvalue weighted by atomic mass is 10.4. The van der Waals surface area contributed by atoms with Gasteiger partial charge in [-0.2, -0.15) is 0 Å². The lowest BCUT2D eigenvalue weighted by Gasteiger charge is -2.05. The van der Waals surface area contributed by atoms with Gasteiger partial charge >= 0.3 is 11.9 Å². The van der Waals surface area contributed by atoms with Crippen LogP contribution in [0.25, 0.3) is 0 Å². The van der Waals surface area contributed by atoms with Crippen LogP contribution in [0.5, 0.6) is 0 Å². The zero-order valence-corrected chi connectivity index (χ0v) is 10.7. The smallest absolute Gasteiger partial charge is 0.335 e. The summed E-state index contributed by atoms with van der Waals surface area (Å²) >= 11 is 0. The van der Waals surface area contributed by atoms with Crippen LogP contribution in [0, 0.1) is 0 Å². The van der Waals surface area contributed by atoms with E-state index >= 15 is 0 Å². The minimum absolute atomic E-state index is 0.251. The molecule has 0 aliphatic carbocycles. The quantitative estimate of drug-likeness (QED) is 0.321. The van der Waals surface area contributed by atoms with Gasteiger partial charge in [0.2, 0.25) is 12.6 Å². The summed E-state index contributed by atoms with van der Waals surface area (Å²) in [5.41, 5.74) is 0.251. The molecule has 2 N–H and O–H groups in total. The number of aliphatic hydroxyl groups excluding tert-OH is 2. The molecule has 0 spiro atoms. The van der Waals surface area contributed by atoms with Crippen molar-refractivity contribution in [2.24, 2.45) is 0 Å². The van der Waals surface area contributed by atoms with Crippen LogP contribution in [0.2, 0.25) is 0 Å². The van der Waals surface area contributed by atoms with E-state index in [1.54, 1.807) is 0 Å². The van der Waals surface area contributed by atoms with Crippen LogP contribution in [0.4, 0.5) is 0 Å². The molecule has 0 heterocycles. The number of esters is 2. The normalized spacial score (nSPS) is 11.7. The summed E-state index contributed by atoms with van der Waals surface area (Å²) < 4.78 is 8.59.